The van der Waals surface area contributed by atoms with Crippen molar-refractivity contribution in [2.75, 3.05) is 52.4 Å². The molecular weight excluding hydrogens is 1010 g/mol. The Morgan fingerprint density at radius 1 is 0.519 bits per heavy atom. The number of carbonyl (C=O) groups is 4. The first kappa shape index (κ1) is 60.7. The van der Waals surface area contributed by atoms with Crippen LogP contribution in [0.2, 0.25) is 0 Å². The van der Waals surface area contributed by atoms with Crippen LogP contribution in [0.1, 0.15) is 95.6 Å². The molecule has 0 saturated carbocycles. The van der Waals surface area contributed by atoms with Crippen molar-refractivity contribution in [1.82, 2.24) is 24.9 Å². The van der Waals surface area contributed by atoms with Gasteiger partial charge in [-0.1, -0.05) is 72.8 Å². The van der Waals surface area contributed by atoms with Crippen molar-refractivity contribution in [3.05, 3.63) is 190 Å². The zero-order valence-corrected chi connectivity index (χ0v) is 46.0. The second-order valence-corrected chi connectivity index (χ2v) is 21.4. The molecule has 15 nitrogen and oxygen atoms in total. The van der Waals surface area contributed by atoms with Gasteiger partial charge >= 0.3 is 18.2 Å². The fourth-order valence-electron chi connectivity index (χ4n) is 8.74. The van der Waals surface area contributed by atoms with E-state index >= 15 is 0 Å². The highest BCUT2D eigenvalue weighted by Crippen LogP contribution is 2.28. The van der Waals surface area contributed by atoms with Gasteiger partial charge in [0.2, 0.25) is 0 Å². The number of carboxylic acids is 1. The van der Waals surface area contributed by atoms with Crippen LogP contribution in [0.25, 0.3) is 22.3 Å². The van der Waals surface area contributed by atoms with Gasteiger partial charge in [0.1, 0.15) is 22.8 Å². The number of nitrogens with two attached hydrogens (primary N) is 1. The molecule has 8 rings (SSSR count). The van der Waals surface area contributed by atoms with E-state index in [1.54, 1.807) is 64.4 Å². The summed E-state index contributed by atoms with van der Waals surface area (Å²) in [6.45, 7) is 18.5. The zero-order chi connectivity index (χ0) is 57.3. The average molecular weight is 1090 g/mol. The molecule has 2 heterocycles. The Balaban J connectivity index is 0.000000220. The van der Waals surface area contributed by atoms with Crippen LogP contribution < -0.4 is 11.1 Å². The van der Waals surface area contributed by atoms with Crippen LogP contribution in [0, 0.1) is 11.6 Å². The van der Waals surface area contributed by atoms with Gasteiger partial charge in [-0.3, -0.25) is 14.6 Å². The molecule has 6 N–H and O–H groups in total. The molecule has 0 bridgehead atoms. The van der Waals surface area contributed by atoms with Gasteiger partial charge in [0.15, 0.2) is 0 Å². The molecule has 3 amide bonds. The summed E-state index contributed by atoms with van der Waals surface area (Å²) in [5.41, 5.74) is 13.2. The number of carboxylic acid groups (broad SMARTS) is 1. The third-order valence-corrected chi connectivity index (χ3v) is 12.8. The van der Waals surface area contributed by atoms with Gasteiger partial charge < -0.3 is 45.6 Å². The lowest BCUT2D eigenvalue weighted by Gasteiger charge is -2.35. The second kappa shape index (κ2) is 28.4. The highest BCUT2D eigenvalue weighted by atomic mass is 19.1. The van der Waals surface area contributed by atoms with Crippen molar-refractivity contribution in [1.29, 1.82) is 0 Å². The lowest BCUT2D eigenvalue weighted by molar-refractivity contribution is 0.0129. The van der Waals surface area contributed by atoms with E-state index in [-0.39, 0.29) is 55.1 Å². The van der Waals surface area contributed by atoms with Crippen molar-refractivity contribution in [3.8, 4) is 22.3 Å². The van der Waals surface area contributed by atoms with Crippen molar-refractivity contribution in [3.63, 3.8) is 0 Å². The molecule has 2 aliphatic rings. The van der Waals surface area contributed by atoms with E-state index in [1.807, 2.05) is 90.1 Å². The molecule has 2 fully saturated rings. The summed E-state index contributed by atoms with van der Waals surface area (Å²) in [5, 5.41) is 29.3. The summed E-state index contributed by atoms with van der Waals surface area (Å²) in [4.78, 5) is 55.6. The Kier molecular flexibility index (Phi) is 21.8. The predicted octanol–water partition coefficient (Wildman–Crippen LogP) is 9.85. The summed E-state index contributed by atoms with van der Waals surface area (Å²) in [6.07, 6.45) is -0.538. The lowest BCUT2D eigenvalue weighted by Crippen LogP contribution is -2.49. The van der Waals surface area contributed by atoms with E-state index in [0.717, 1.165) is 66.1 Å². The largest absolute Gasteiger partial charge is 0.478 e. The predicted molar refractivity (Wildman–Crippen MR) is 301 cm³/mol. The van der Waals surface area contributed by atoms with Gasteiger partial charge in [0.25, 0.3) is 5.91 Å². The number of hydrogen-bond acceptors (Lipinski definition) is 11. The van der Waals surface area contributed by atoms with Crippen molar-refractivity contribution >= 4 is 24.1 Å². The smallest absolute Gasteiger partial charge is 0.410 e. The van der Waals surface area contributed by atoms with E-state index in [0.29, 0.717) is 67.1 Å². The zero-order valence-electron chi connectivity index (χ0n) is 46.0. The van der Waals surface area contributed by atoms with Gasteiger partial charge in [0, 0.05) is 95.2 Å². The van der Waals surface area contributed by atoms with Gasteiger partial charge in [-0.05, 0) is 147 Å². The van der Waals surface area contributed by atoms with Crippen LogP contribution >= 0.6 is 0 Å². The molecular formula is C62H74F2N6O9. The minimum atomic E-state index is -0.972. The number of amides is 3. The number of nitrogens with one attached hydrogen (secondary N) is 1. The van der Waals surface area contributed by atoms with Crippen LogP contribution in [0.5, 0.6) is 0 Å². The van der Waals surface area contributed by atoms with Gasteiger partial charge in [-0.25, -0.2) is 23.2 Å². The third-order valence-electron chi connectivity index (χ3n) is 12.8. The Morgan fingerprint density at radius 3 is 1.35 bits per heavy atom. The Hall–Kier alpha value is -7.54. The highest BCUT2D eigenvalue weighted by molar-refractivity contribution is 5.94. The summed E-state index contributed by atoms with van der Waals surface area (Å²) >= 11 is 0. The maximum absolute atomic E-state index is 14.9. The number of aliphatic hydroxyl groups excluding tert-OH is 2. The normalized spacial score (nSPS) is 14.0. The molecule has 0 aromatic heterocycles. The average Bonchev–Trinajstić information content (AvgIpc) is 3.44. The first-order chi connectivity index (χ1) is 37.6. The standard InChI is InChI=1S/C31H36FN3O4.C23H30FN3O2.C8H8O3/c1-31(2,3)39-30(38)35-14-12-34(13-15-35)20-23-6-4-8-25(16-23)27-18-22(10-11-28(27)32)19-33-29(37)26-9-5-7-24(17-26)21-36;1-23(2,3)29-22(28)27-11-9-26(10-12-27)16-18-5-4-6-19(13-18)20-14-17(15-25)7-8-21(20)24;9-5-6-2-1-3-7(4-6)8(10)11/h4-11,16-18,36H,12-15,19-21H2,1-3H3,(H,33,37);4-8,13-14H,9-12,15-16,25H2,1-3H3;1-4,9H,5H2,(H,10,11). The first-order valence-electron chi connectivity index (χ1n) is 26.4. The van der Waals surface area contributed by atoms with E-state index in [1.165, 1.54) is 24.3 Å². The van der Waals surface area contributed by atoms with Crippen molar-refractivity contribution < 1.29 is 52.8 Å². The third kappa shape index (κ3) is 19.1. The van der Waals surface area contributed by atoms with E-state index in [9.17, 15) is 33.1 Å². The number of hydrogen-bond donors (Lipinski definition) is 5. The Bertz CT molecular complexity index is 3020. The fourth-order valence-corrected chi connectivity index (χ4v) is 8.74. The number of ether oxygens (including phenoxy) is 2. The Morgan fingerprint density at radius 2 is 0.924 bits per heavy atom. The summed E-state index contributed by atoms with van der Waals surface area (Å²) in [7, 11) is 0. The van der Waals surface area contributed by atoms with E-state index in [2.05, 4.69) is 21.2 Å². The van der Waals surface area contributed by atoms with Crippen LogP contribution in [-0.2, 0) is 48.9 Å². The summed E-state index contributed by atoms with van der Waals surface area (Å²) in [6, 6.07) is 38.6. The number of halogens is 2. The van der Waals surface area contributed by atoms with Crippen LogP contribution in [0.3, 0.4) is 0 Å². The molecule has 420 valence electrons. The molecule has 0 radical (unpaired) electrons. The molecule has 0 atom stereocenters. The number of nitrogens with zero attached hydrogens (tertiary/aromatic N) is 4. The first-order valence-corrected chi connectivity index (χ1v) is 26.4. The maximum atomic E-state index is 14.9. The number of piperazine rings is 2. The van der Waals surface area contributed by atoms with Crippen molar-refractivity contribution in [2.24, 2.45) is 5.73 Å². The minimum absolute atomic E-state index is 0.124. The molecule has 17 heteroatoms. The molecule has 0 unspecified atom stereocenters. The van der Waals surface area contributed by atoms with E-state index < -0.39 is 17.2 Å². The van der Waals surface area contributed by atoms with Gasteiger partial charge in [-0.15, -0.1) is 0 Å². The van der Waals surface area contributed by atoms with Crippen molar-refractivity contribution in [2.45, 2.75) is 92.1 Å². The Labute approximate surface area is 462 Å². The molecule has 2 aliphatic heterocycles. The molecule has 0 spiro atoms. The van der Waals surface area contributed by atoms with E-state index in [4.69, 9.17) is 25.4 Å². The lowest BCUT2D eigenvalue weighted by atomic mass is 10.00. The number of aliphatic hydroxyl groups is 2. The van der Waals surface area contributed by atoms with Crippen LogP contribution in [0.15, 0.2) is 133 Å². The number of benzene rings is 6. The topological polar surface area (TPSA) is 198 Å². The van der Waals surface area contributed by atoms with Crippen LogP contribution in [0.4, 0.5) is 18.4 Å². The van der Waals surface area contributed by atoms with Gasteiger partial charge in [-0.2, -0.15) is 0 Å². The minimum Gasteiger partial charge on any atom is -0.478 e. The maximum Gasteiger partial charge on any atom is 0.410 e. The number of carbonyl (C=O) groups excluding carboxylic acids is 3. The van der Waals surface area contributed by atoms with Gasteiger partial charge in [0.05, 0.1) is 18.8 Å². The monoisotopic (exact) mass is 1080 g/mol. The molecule has 79 heavy (non-hydrogen) atoms. The SMILES string of the molecule is CC(C)(C)OC(=O)N1CCN(Cc2cccc(-c3cc(CN)ccc3F)c2)CC1.CC(C)(C)OC(=O)N1CCN(Cc2cccc(-c3cc(CNC(=O)c4cccc(CO)c4)ccc3F)c2)CC1.O=C(O)c1cccc(CO)c1. The number of rotatable bonds is 13. The summed E-state index contributed by atoms with van der Waals surface area (Å²) < 4.78 is 40.1. The summed E-state index contributed by atoms with van der Waals surface area (Å²) in [5.74, 6) is -1.81. The molecule has 6 aromatic rings. The second-order valence-electron chi connectivity index (χ2n) is 21.4. The quantitative estimate of drug-likeness (QED) is 0.0735. The molecule has 0 aliphatic carbocycles. The number of aromatic carboxylic acids is 1. The van der Waals surface area contributed by atoms with Crippen LogP contribution in [-0.4, -0.2) is 123 Å². The molecule has 6 aromatic carbocycles. The molecule has 2 saturated heterocycles. The fraction of sp³-hybridized carbons (Fsp3) is 0.355. The highest BCUT2D eigenvalue weighted by Gasteiger charge is 2.27.